The van der Waals surface area contributed by atoms with Gasteiger partial charge in [-0.15, -0.1) is 0 Å². The molecule has 5 heterocycles. The third-order valence-corrected chi connectivity index (χ3v) is 7.53. The van der Waals surface area contributed by atoms with E-state index in [-0.39, 0.29) is 64.8 Å². The largest absolute Gasteiger partial charge is 0.395 e. The Kier molecular flexibility index (Phi) is 5.51. The summed E-state index contributed by atoms with van der Waals surface area (Å²) >= 11 is 0. The average molecular weight is 527 g/mol. The number of ketones is 2. The van der Waals surface area contributed by atoms with Gasteiger partial charge >= 0.3 is 0 Å². The first kappa shape index (κ1) is 24.4. The van der Waals surface area contributed by atoms with Crippen molar-refractivity contribution < 1.29 is 29.6 Å². The van der Waals surface area contributed by atoms with Gasteiger partial charge in [0.1, 0.15) is 18.0 Å². The molecule has 3 unspecified atom stereocenters. The minimum Gasteiger partial charge on any atom is -0.395 e. The molecule has 15 nitrogen and oxygen atoms in total. The topological polar surface area (TPSA) is 237 Å². The predicted molar refractivity (Wildman–Crippen MR) is 130 cm³/mol. The number of nitrogens with zero attached hydrogens (tertiary/aromatic N) is 4. The molecule has 200 valence electrons. The van der Waals surface area contributed by atoms with Crippen LogP contribution in [0.25, 0.3) is 11.2 Å². The predicted octanol–water partition coefficient (Wildman–Crippen LogP) is -1.84. The number of Topliss-reactive ketones (excluding diaryl/α,β-unsaturated/α-hetero) is 2. The van der Waals surface area contributed by atoms with Crippen molar-refractivity contribution >= 4 is 28.7 Å². The number of aliphatic hydroxyl groups excluding tert-OH is 3. The van der Waals surface area contributed by atoms with Crippen molar-refractivity contribution in [2.45, 2.75) is 57.0 Å². The summed E-state index contributed by atoms with van der Waals surface area (Å²) in [5, 5.41) is 32.8. The van der Waals surface area contributed by atoms with Crippen molar-refractivity contribution in [1.29, 1.82) is 0 Å². The number of carbonyl (C=O) groups excluding carboxylic acids is 2. The first-order valence-corrected chi connectivity index (χ1v) is 12.0. The van der Waals surface area contributed by atoms with Gasteiger partial charge in [0.05, 0.1) is 42.9 Å². The molecule has 38 heavy (non-hydrogen) atoms. The zero-order chi connectivity index (χ0) is 27.0. The van der Waals surface area contributed by atoms with Crippen LogP contribution in [0.15, 0.2) is 22.4 Å². The van der Waals surface area contributed by atoms with Crippen LogP contribution in [0.5, 0.6) is 0 Å². The lowest BCUT2D eigenvalue weighted by molar-refractivity contribution is -0.0432. The number of carbonyl (C=O) groups is 2. The number of aliphatic hydroxyl groups is 3. The second-order valence-corrected chi connectivity index (χ2v) is 9.69. The molecule has 9 N–H and O–H groups in total. The van der Waals surface area contributed by atoms with Gasteiger partial charge in [0.15, 0.2) is 11.2 Å². The summed E-state index contributed by atoms with van der Waals surface area (Å²) in [6.07, 6.45) is -0.839. The van der Waals surface area contributed by atoms with E-state index in [1.165, 1.54) is 17.8 Å². The van der Waals surface area contributed by atoms with Crippen LogP contribution in [0.1, 0.15) is 57.7 Å². The highest BCUT2D eigenvalue weighted by Gasteiger charge is 2.44. The van der Waals surface area contributed by atoms with E-state index in [2.05, 4.69) is 20.3 Å². The zero-order valence-electron chi connectivity index (χ0n) is 20.2. The van der Waals surface area contributed by atoms with E-state index < -0.39 is 54.3 Å². The third-order valence-electron chi connectivity index (χ3n) is 7.53. The lowest BCUT2D eigenvalue weighted by atomic mass is 9.89. The maximum Gasteiger partial charge on any atom is 0.280 e. The molecule has 0 spiro atoms. The summed E-state index contributed by atoms with van der Waals surface area (Å²) in [5.74, 6) is -0.917. The number of anilines is 1. The highest BCUT2D eigenvalue weighted by Crippen LogP contribution is 2.40. The molecule has 3 aromatic rings. The van der Waals surface area contributed by atoms with Crippen LogP contribution in [0.3, 0.4) is 0 Å². The normalized spacial score (nSPS) is 26.9. The maximum atomic E-state index is 13.1. The highest BCUT2D eigenvalue weighted by atomic mass is 16.5. The first-order valence-electron chi connectivity index (χ1n) is 12.0. The Balaban J connectivity index is 1.41. The molecule has 2 aliphatic heterocycles. The molecule has 0 saturated carbocycles. The van der Waals surface area contributed by atoms with Crippen molar-refractivity contribution in [3.63, 3.8) is 0 Å². The number of hydrogen-bond acceptors (Lipinski definition) is 12. The molecule has 0 aromatic carbocycles. The molecule has 1 saturated heterocycles. The summed E-state index contributed by atoms with van der Waals surface area (Å²) in [6.45, 7) is 0.740. The maximum absolute atomic E-state index is 13.1. The van der Waals surface area contributed by atoms with Crippen LogP contribution < -0.4 is 22.3 Å². The van der Waals surface area contributed by atoms with Crippen molar-refractivity contribution in [3.05, 3.63) is 50.5 Å². The lowest BCUT2D eigenvalue weighted by Crippen LogP contribution is -2.33. The lowest BCUT2D eigenvalue weighted by Gasteiger charge is -2.20. The highest BCUT2D eigenvalue weighted by molar-refractivity contribution is 6.26. The molecule has 6 rings (SSSR count). The van der Waals surface area contributed by atoms with E-state index in [9.17, 15) is 29.7 Å². The van der Waals surface area contributed by atoms with Crippen LogP contribution in [-0.2, 0) is 17.9 Å². The first-order chi connectivity index (χ1) is 18.2. The Bertz CT molecular complexity index is 1600. The Morgan fingerprint density at radius 1 is 1.26 bits per heavy atom. The quantitative estimate of drug-likeness (QED) is 0.194. The van der Waals surface area contributed by atoms with Crippen molar-refractivity contribution in [1.82, 2.24) is 24.1 Å². The van der Waals surface area contributed by atoms with E-state index in [0.717, 1.165) is 0 Å². The van der Waals surface area contributed by atoms with Crippen LogP contribution >= 0.6 is 0 Å². The van der Waals surface area contributed by atoms with Gasteiger partial charge in [-0.1, -0.05) is 0 Å². The summed E-state index contributed by atoms with van der Waals surface area (Å²) in [6, 6.07) is -1.33. The molecule has 0 radical (unpaired) electrons. The Morgan fingerprint density at radius 3 is 2.71 bits per heavy atom. The third kappa shape index (κ3) is 3.30. The fourth-order valence-electron chi connectivity index (χ4n) is 5.58. The van der Waals surface area contributed by atoms with Gasteiger partial charge in [-0.3, -0.25) is 23.9 Å². The van der Waals surface area contributed by atoms with Crippen LogP contribution in [0.2, 0.25) is 0 Å². The van der Waals surface area contributed by atoms with Crippen LogP contribution in [0, 0.1) is 0 Å². The number of aromatic amines is 1. The van der Waals surface area contributed by atoms with Gasteiger partial charge in [-0.05, 0) is 6.92 Å². The zero-order valence-corrected chi connectivity index (χ0v) is 20.2. The van der Waals surface area contributed by atoms with E-state index in [4.69, 9.17) is 16.2 Å². The molecule has 5 atom stereocenters. The SMILES string of the molecule is CC1=C(N)C(=O)c2c(CO)c3n(c2C1=O)C[C@H](N)[C@H]3Nc1nc2c(ncn2C2CC(O)C(CO)O2)c(=O)[nH]1. The second-order valence-electron chi connectivity index (χ2n) is 9.69. The monoisotopic (exact) mass is 526 g/mol. The molecule has 15 heteroatoms. The fraction of sp³-hybridized carbons (Fsp3) is 0.435. The average Bonchev–Trinajstić information content (AvgIpc) is 3.63. The van der Waals surface area contributed by atoms with Gasteiger partial charge in [-0.25, -0.2) is 4.98 Å². The number of nitrogens with two attached hydrogens (primary N) is 2. The van der Waals surface area contributed by atoms with E-state index in [1.807, 2.05) is 0 Å². The standard InChI is InChI=1S/C23H26N8O7/c1-7-14(25)20(36)13-8(4-32)17-15(9(24)3-30(17)18(13)19(7)35)27-23-28-21-16(22(37)29-23)26-6-31(21)12-2-10(34)11(5-33)38-12/h6,9-12,15,32-34H,2-5,24-25H2,1H3,(H2,27,28,29,37)/t9-,10?,11?,12?,15+/m0/s1. The summed E-state index contributed by atoms with van der Waals surface area (Å²) in [5.41, 5.74) is 12.8. The Hall–Kier alpha value is -3.89. The number of aromatic nitrogens is 5. The van der Waals surface area contributed by atoms with E-state index in [0.29, 0.717) is 5.69 Å². The molecule has 0 bridgehead atoms. The summed E-state index contributed by atoms with van der Waals surface area (Å²) in [4.78, 5) is 50.1. The van der Waals surface area contributed by atoms with Crippen molar-refractivity contribution in [2.75, 3.05) is 11.9 Å². The molecular weight excluding hydrogens is 500 g/mol. The minimum absolute atomic E-state index is 0.0323. The van der Waals surface area contributed by atoms with Crippen molar-refractivity contribution in [3.8, 4) is 0 Å². The number of imidazole rings is 1. The molecule has 3 aromatic heterocycles. The Morgan fingerprint density at radius 2 is 2.03 bits per heavy atom. The molecule has 0 amide bonds. The second kappa shape index (κ2) is 8.57. The number of H-pyrrole nitrogens is 1. The molecular formula is C23H26N8O7. The summed E-state index contributed by atoms with van der Waals surface area (Å²) < 4.78 is 8.80. The molecule has 1 fully saturated rings. The molecule has 3 aliphatic rings. The van der Waals surface area contributed by atoms with Crippen LogP contribution in [0.4, 0.5) is 5.95 Å². The number of nitrogens with one attached hydrogen (secondary N) is 2. The van der Waals surface area contributed by atoms with Crippen molar-refractivity contribution in [2.24, 2.45) is 11.5 Å². The van der Waals surface area contributed by atoms with Gasteiger partial charge in [0.25, 0.3) is 5.56 Å². The van der Waals surface area contributed by atoms with E-state index in [1.54, 1.807) is 4.57 Å². The van der Waals surface area contributed by atoms with Crippen LogP contribution in [-0.4, -0.2) is 75.8 Å². The van der Waals surface area contributed by atoms with Gasteiger partial charge in [-0.2, -0.15) is 4.98 Å². The van der Waals surface area contributed by atoms with Gasteiger partial charge in [0.2, 0.25) is 17.5 Å². The smallest absolute Gasteiger partial charge is 0.280 e. The minimum atomic E-state index is -0.896. The number of rotatable bonds is 5. The Labute approximate surface area is 213 Å². The van der Waals surface area contributed by atoms with Gasteiger partial charge < -0.3 is 41.4 Å². The van der Waals surface area contributed by atoms with Gasteiger partial charge in [0, 0.05) is 35.8 Å². The fourth-order valence-corrected chi connectivity index (χ4v) is 5.58. The number of fused-ring (bicyclic) bond motifs is 4. The number of ether oxygens (including phenoxy) is 1. The molecule has 1 aliphatic carbocycles. The summed E-state index contributed by atoms with van der Waals surface area (Å²) in [7, 11) is 0. The van der Waals surface area contributed by atoms with E-state index >= 15 is 0 Å². The number of hydrogen-bond donors (Lipinski definition) is 7. The number of allylic oxidation sites excluding steroid dienone is 2.